The van der Waals surface area contributed by atoms with Crippen molar-refractivity contribution in [3.05, 3.63) is 34.9 Å². The molecule has 2 rings (SSSR count). The summed E-state index contributed by atoms with van der Waals surface area (Å²) in [5, 5.41) is 0.649. The quantitative estimate of drug-likeness (QED) is 0.910. The van der Waals surface area contributed by atoms with E-state index in [1.165, 1.54) is 4.31 Å². The zero-order chi connectivity index (χ0) is 12.3. The second-order valence-corrected chi connectivity index (χ2v) is 6.25. The van der Waals surface area contributed by atoms with E-state index in [1.807, 2.05) is 12.1 Å². The molecule has 0 aromatic heterocycles. The molecule has 0 bridgehead atoms. The van der Waals surface area contributed by atoms with Crippen molar-refractivity contribution in [1.82, 2.24) is 9.03 Å². The largest absolute Gasteiger partial charge is 0.279 e. The Bertz CT molecular complexity index is 467. The van der Waals surface area contributed by atoms with E-state index in [4.69, 9.17) is 11.6 Å². The van der Waals surface area contributed by atoms with Crippen LogP contribution in [0.5, 0.6) is 0 Å². The van der Waals surface area contributed by atoms with Crippen LogP contribution in [-0.2, 0) is 16.8 Å². The van der Waals surface area contributed by atoms with Crippen molar-refractivity contribution in [1.29, 1.82) is 0 Å². The minimum absolute atomic E-state index is 0.302. The molecule has 0 atom stereocenters. The lowest BCUT2D eigenvalue weighted by atomic mass is 10.2. The predicted octanol–water partition coefficient (Wildman–Crippen LogP) is 1.77. The summed E-state index contributed by atoms with van der Waals surface area (Å²) in [7, 11) is -3.32. The van der Waals surface area contributed by atoms with Gasteiger partial charge in [0.1, 0.15) is 0 Å². The van der Waals surface area contributed by atoms with Crippen molar-refractivity contribution < 1.29 is 8.42 Å². The molecule has 0 spiro atoms. The van der Waals surface area contributed by atoms with Crippen LogP contribution in [0.3, 0.4) is 0 Å². The summed E-state index contributed by atoms with van der Waals surface area (Å²) in [6.07, 6.45) is 1.89. The third kappa shape index (κ3) is 3.42. The highest BCUT2D eigenvalue weighted by molar-refractivity contribution is 7.87. The van der Waals surface area contributed by atoms with Crippen LogP contribution in [0.1, 0.15) is 18.4 Å². The molecular weight excluding hydrogens is 260 g/mol. The summed E-state index contributed by atoms with van der Waals surface area (Å²) < 4.78 is 27.8. The molecule has 0 aliphatic carbocycles. The maximum atomic E-state index is 11.9. The van der Waals surface area contributed by atoms with Crippen LogP contribution in [0, 0.1) is 0 Å². The number of halogens is 1. The van der Waals surface area contributed by atoms with Gasteiger partial charge in [-0.15, -0.1) is 0 Å². The Morgan fingerprint density at radius 1 is 1.18 bits per heavy atom. The van der Waals surface area contributed by atoms with Gasteiger partial charge in [-0.25, -0.2) is 0 Å². The first-order chi connectivity index (χ1) is 8.08. The molecule has 0 radical (unpaired) electrons. The number of hydrogen-bond acceptors (Lipinski definition) is 2. The number of hydrogen-bond donors (Lipinski definition) is 1. The molecule has 1 saturated heterocycles. The number of nitrogens with zero attached hydrogens (tertiary/aromatic N) is 1. The molecule has 1 heterocycles. The van der Waals surface area contributed by atoms with E-state index < -0.39 is 10.2 Å². The van der Waals surface area contributed by atoms with Crippen molar-refractivity contribution in [3.8, 4) is 0 Å². The van der Waals surface area contributed by atoms with Gasteiger partial charge < -0.3 is 0 Å². The molecule has 6 heteroatoms. The molecule has 1 N–H and O–H groups in total. The van der Waals surface area contributed by atoms with Gasteiger partial charge in [-0.05, 0) is 30.5 Å². The van der Waals surface area contributed by atoms with Gasteiger partial charge in [0, 0.05) is 24.7 Å². The molecule has 1 aliphatic rings. The third-order valence-corrected chi connectivity index (χ3v) is 4.58. The molecule has 0 amide bonds. The van der Waals surface area contributed by atoms with E-state index in [9.17, 15) is 8.42 Å². The van der Waals surface area contributed by atoms with Crippen LogP contribution in [0.25, 0.3) is 0 Å². The van der Waals surface area contributed by atoms with E-state index in [2.05, 4.69) is 4.72 Å². The molecule has 4 nitrogen and oxygen atoms in total. The van der Waals surface area contributed by atoms with E-state index in [0.717, 1.165) is 18.4 Å². The maximum absolute atomic E-state index is 11.9. The van der Waals surface area contributed by atoms with Gasteiger partial charge in [0.25, 0.3) is 10.2 Å². The molecular formula is C11H15ClN2O2S. The topological polar surface area (TPSA) is 49.4 Å². The van der Waals surface area contributed by atoms with Gasteiger partial charge in [-0.2, -0.15) is 17.4 Å². The SMILES string of the molecule is O=S(=O)(NCc1ccc(Cl)cc1)N1CCCC1. The Labute approximate surface area is 107 Å². The zero-order valence-electron chi connectivity index (χ0n) is 9.39. The second-order valence-electron chi connectivity index (χ2n) is 4.06. The lowest BCUT2D eigenvalue weighted by Crippen LogP contribution is -2.38. The average Bonchev–Trinajstić information content (AvgIpc) is 2.82. The average molecular weight is 275 g/mol. The first-order valence-corrected chi connectivity index (χ1v) is 7.39. The monoisotopic (exact) mass is 274 g/mol. The lowest BCUT2D eigenvalue weighted by molar-refractivity contribution is 0.464. The summed E-state index contributed by atoms with van der Waals surface area (Å²) in [5.74, 6) is 0. The summed E-state index contributed by atoms with van der Waals surface area (Å²) in [4.78, 5) is 0. The van der Waals surface area contributed by atoms with E-state index >= 15 is 0 Å². The third-order valence-electron chi connectivity index (χ3n) is 2.78. The van der Waals surface area contributed by atoms with Gasteiger partial charge in [-0.3, -0.25) is 0 Å². The summed E-state index contributed by atoms with van der Waals surface area (Å²) >= 11 is 5.76. The highest BCUT2D eigenvalue weighted by Crippen LogP contribution is 2.13. The van der Waals surface area contributed by atoms with Gasteiger partial charge >= 0.3 is 0 Å². The standard InChI is InChI=1S/C11H15ClN2O2S/c12-11-5-3-10(4-6-11)9-13-17(15,16)14-7-1-2-8-14/h3-6,13H,1-2,7-9H2. The Hall–Kier alpha value is -0.620. The first kappa shape index (κ1) is 12.8. The van der Waals surface area contributed by atoms with Crippen molar-refractivity contribution >= 4 is 21.8 Å². The lowest BCUT2D eigenvalue weighted by Gasteiger charge is -2.16. The Balaban J connectivity index is 1.95. The molecule has 17 heavy (non-hydrogen) atoms. The smallest absolute Gasteiger partial charge is 0.198 e. The molecule has 1 aromatic rings. The summed E-state index contributed by atoms with van der Waals surface area (Å²) in [6, 6.07) is 7.13. The highest BCUT2D eigenvalue weighted by Gasteiger charge is 2.24. The minimum Gasteiger partial charge on any atom is -0.198 e. The predicted molar refractivity (Wildman–Crippen MR) is 68.0 cm³/mol. The summed E-state index contributed by atoms with van der Waals surface area (Å²) in [6.45, 7) is 1.54. The van der Waals surface area contributed by atoms with Crippen molar-refractivity contribution in [3.63, 3.8) is 0 Å². The van der Waals surface area contributed by atoms with Crippen molar-refractivity contribution in [2.75, 3.05) is 13.1 Å². The van der Waals surface area contributed by atoms with Gasteiger partial charge in [-0.1, -0.05) is 23.7 Å². The molecule has 1 aromatic carbocycles. The fourth-order valence-electron chi connectivity index (χ4n) is 1.80. The van der Waals surface area contributed by atoms with Crippen LogP contribution in [0.15, 0.2) is 24.3 Å². The number of benzene rings is 1. The van der Waals surface area contributed by atoms with Crippen molar-refractivity contribution in [2.24, 2.45) is 0 Å². The second kappa shape index (κ2) is 5.35. The minimum atomic E-state index is -3.32. The van der Waals surface area contributed by atoms with Crippen LogP contribution in [0.4, 0.5) is 0 Å². The van der Waals surface area contributed by atoms with Crippen molar-refractivity contribution in [2.45, 2.75) is 19.4 Å². The normalized spacial score (nSPS) is 17.5. The van der Waals surface area contributed by atoms with Gasteiger partial charge in [0.05, 0.1) is 0 Å². The first-order valence-electron chi connectivity index (χ1n) is 5.57. The maximum Gasteiger partial charge on any atom is 0.279 e. The van der Waals surface area contributed by atoms with Crippen LogP contribution in [-0.4, -0.2) is 25.8 Å². The molecule has 94 valence electrons. The molecule has 0 saturated carbocycles. The van der Waals surface area contributed by atoms with E-state index in [-0.39, 0.29) is 0 Å². The van der Waals surface area contributed by atoms with E-state index in [0.29, 0.717) is 24.7 Å². The fraction of sp³-hybridized carbons (Fsp3) is 0.455. The molecule has 1 fully saturated rings. The van der Waals surface area contributed by atoms with Gasteiger partial charge in [0.2, 0.25) is 0 Å². The Kier molecular flexibility index (Phi) is 4.04. The Morgan fingerprint density at radius 2 is 1.76 bits per heavy atom. The molecule has 1 aliphatic heterocycles. The van der Waals surface area contributed by atoms with Gasteiger partial charge in [0.15, 0.2) is 0 Å². The number of rotatable bonds is 4. The number of nitrogens with one attached hydrogen (secondary N) is 1. The Morgan fingerprint density at radius 3 is 2.35 bits per heavy atom. The van der Waals surface area contributed by atoms with Crippen LogP contribution in [0.2, 0.25) is 5.02 Å². The molecule has 0 unspecified atom stereocenters. The zero-order valence-corrected chi connectivity index (χ0v) is 11.0. The highest BCUT2D eigenvalue weighted by atomic mass is 35.5. The van der Waals surface area contributed by atoms with Crippen LogP contribution >= 0.6 is 11.6 Å². The summed E-state index contributed by atoms with van der Waals surface area (Å²) in [5.41, 5.74) is 0.900. The fourth-order valence-corrected chi connectivity index (χ4v) is 3.19. The van der Waals surface area contributed by atoms with Crippen LogP contribution < -0.4 is 4.72 Å². The van der Waals surface area contributed by atoms with E-state index in [1.54, 1.807) is 12.1 Å².